The van der Waals surface area contributed by atoms with Gasteiger partial charge in [0, 0.05) is 7.05 Å². The number of aliphatic hydroxyl groups is 1. The van der Waals surface area contributed by atoms with E-state index in [2.05, 4.69) is 14.9 Å². The molecule has 2 N–H and O–H groups in total. The maximum atomic E-state index is 12.6. The Hall–Kier alpha value is -1.77. The lowest BCUT2D eigenvalue weighted by Crippen LogP contribution is -2.32. The van der Waals surface area contributed by atoms with Gasteiger partial charge in [-0.3, -0.25) is 0 Å². The molecule has 0 saturated heterocycles. The SMILES string of the molecule is CCc1ccc(S(=O)(=O)NC(CO)c2nncn2C)cc1CC. The van der Waals surface area contributed by atoms with Crippen LogP contribution in [0.25, 0.3) is 0 Å². The van der Waals surface area contributed by atoms with Crippen molar-refractivity contribution in [3.8, 4) is 0 Å². The van der Waals surface area contributed by atoms with Crippen molar-refractivity contribution in [1.82, 2.24) is 19.5 Å². The van der Waals surface area contributed by atoms with Crippen molar-refractivity contribution in [3.63, 3.8) is 0 Å². The summed E-state index contributed by atoms with van der Waals surface area (Å²) in [6.45, 7) is 3.63. The normalized spacial score (nSPS) is 13.2. The van der Waals surface area contributed by atoms with E-state index in [4.69, 9.17) is 0 Å². The van der Waals surface area contributed by atoms with Crippen LogP contribution in [0.2, 0.25) is 0 Å². The Morgan fingerprint density at radius 2 is 1.96 bits per heavy atom. The molecule has 0 bridgehead atoms. The van der Waals surface area contributed by atoms with E-state index in [1.165, 1.54) is 6.33 Å². The fourth-order valence-electron chi connectivity index (χ4n) is 2.48. The molecule has 0 aliphatic heterocycles. The highest BCUT2D eigenvalue weighted by molar-refractivity contribution is 7.89. The van der Waals surface area contributed by atoms with Gasteiger partial charge in [0.1, 0.15) is 12.4 Å². The molecule has 1 unspecified atom stereocenters. The van der Waals surface area contributed by atoms with Crippen molar-refractivity contribution in [3.05, 3.63) is 41.5 Å². The molecule has 0 spiro atoms. The second-order valence-electron chi connectivity index (χ2n) is 5.29. The molecule has 0 aliphatic carbocycles. The molecule has 2 rings (SSSR count). The van der Waals surface area contributed by atoms with E-state index >= 15 is 0 Å². The molecule has 0 radical (unpaired) electrons. The van der Waals surface area contributed by atoms with Crippen LogP contribution in [0.4, 0.5) is 0 Å². The Labute approximate surface area is 136 Å². The first kappa shape index (κ1) is 17.6. The lowest BCUT2D eigenvalue weighted by molar-refractivity contribution is 0.251. The lowest BCUT2D eigenvalue weighted by Gasteiger charge is -2.16. The quantitative estimate of drug-likeness (QED) is 0.783. The minimum Gasteiger partial charge on any atom is -0.394 e. The smallest absolute Gasteiger partial charge is 0.241 e. The van der Waals surface area contributed by atoms with Gasteiger partial charge >= 0.3 is 0 Å². The predicted molar refractivity (Wildman–Crippen MR) is 86.3 cm³/mol. The summed E-state index contributed by atoms with van der Waals surface area (Å²) in [7, 11) is -2.07. The van der Waals surface area contributed by atoms with Crippen molar-refractivity contribution in [2.24, 2.45) is 7.05 Å². The highest BCUT2D eigenvalue weighted by Crippen LogP contribution is 2.19. The van der Waals surface area contributed by atoms with Crippen molar-refractivity contribution in [2.45, 2.75) is 37.6 Å². The second-order valence-corrected chi connectivity index (χ2v) is 7.01. The zero-order chi connectivity index (χ0) is 17.0. The molecule has 0 fully saturated rings. The van der Waals surface area contributed by atoms with Gasteiger partial charge in [-0.2, -0.15) is 4.72 Å². The molecule has 1 heterocycles. The molecule has 7 nitrogen and oxygen atoms in total. The first-order chi connectivity index (χ1) is 10.9. The number of hydrogen-bond donors (Lipinski definition) is 2. The minimum atomic E-state index is -3.76. The van der Waals surface area contributed by atoms with Crippen LogP contribution in [-0.2, 0) is 29.9 Å². The number of sulfonamides is 1. The number of nitrogens with zero attached hydrogens (tertiary/aromatic N) is 3. The Bertz CT molecular complexity index is 771. The van der Waals surface area contributed by atoms with Crippen LogP contribution in [0.1, 0.15) is 36.8 Å². The zero-order valence-corrected chi connectivity index (χ0v) is 14.3. The van der Waals surface area contributed by atoms with Crippen molar-refractivity contribution >= 4 is 10.0 Å². The Morgan fingerprint density at radius 3 is 2.48 bits per heavy atom. The van der Waals surface area contributed by atoms with Gasteiger partial charge in [-0.1, -0.05) is 19.9 Å². The molecule has 2 aromatic rings. The van der Waals surface area contributed by atoms with Gasteiger partial charge in [-0.25, -0.2) is 8.42 Å². The van der Waals surface area contributed by atoms with Gasteiger partial charge in [0.15, 0.2) is 5.82 Å². The molecule has 0 aliphatic rings. The molecule has 126 valence electrons. The third-order valence-corrected chi connectivity index (χ3v) is 5.26. The van der Waals surface area contributed by atoms with Gasteiger partial charge in [-0.15, -0.1) is 10.2 Å². The molecule has 0 amide bonds. The molecule has 8 heteroatoms. The van der Waals surface area contributed by atoms with Crippen LogP contribution in [-0.4, -0.2) is 34.9 Å². The van der Waals surface area contributed by atoms with E-state index < -0.39 is 22.7 Å². The summed E-state index contributed by atoms with van der Waals surface area (Å²) < 4.78 is 29.3. The first-order valence-electron chi connectivity index (χ1n) is 7.51. The largest absolute Gasteiger partial charge is 0.394 e. The fraction of sp³-hybridized carbons (Fsp3) is 0.467. The van der Waals surface area contributed by atoms with E-state index in [1.807, 2.05) is 19.9 Å². The summed E-state index contributed by atoms with van der Waals surface area (Å²) in [6, 6.07) is 4.27. The highest BCUT2D eigenvalue weighted by atomic mass is 32.2. The average Bonchev–Trinajstić information content (AvgIpc) is 2.97. The highest BCUT2D eigenvalue weighted by Gasteiger charge is 2.24. The summed E-state index contributed by atoms with van der Waals surface area (Å²) in [5.74, 6) is 0.358. The van der Waals surface area contributed by atoms with Gasteiger partial charge in [0.05, 0.1) is 11.5 Å². The Kier molecular flexibility index (Phi) is 5.51. The molecule has 1 aromatic carbocycles. The maximum Gasteiger partial charge on any atom is 0.241 e. The van der Waals surface area contributed by atoms with Gasteiger partial charge in [-0.05, 0) is 36.1 Å². The van der Waals surface area contributed by atoms with Crippen LogP contribution in [0.3, 0.4) is 0 Å². The van der Waals surface area contributed by atoms with E-state index in [0.717, 1.165) is 24.0 Å². The second kappa shape index (κ2) is 7.20. The Balaban J connectivity index is 2.33. The van der Waals surface area contributed by atoms with E-state index in [-0.39, 0.29) is 4.90 Å². The number of nitrogens with one attached hydrogen (secondary N) is 1. The number of aliphatic hydroxyl groups excluding tert-OH is 1. The number of aromatic nitrogens is 3. The molecular weight excluding hydrogens is 316 g/mol. The molecule has 0 saturated carbocycles. The van der Waals surface area contributed by atoms with Gasteiger partial charge in [0.2, 0.25) is 10.0 Å². The predicted octanol–water partition coefficient (Wildman–Crippen LogP) is 0.952. The van der Waals surface area contributed by atoms with E-state index in [0.29, 0.717) is 5.82 Å². The van der Waals surface area contributed by atoms with Crippen LogP contribution < -0.4 is 4.72 Å². The third-order valence-electron chi connectivity index (χ3n) is 3.79. The maximum absolute atomic E-state index is 12.6. The van der Waals surface area contributed by atoms with Crippen LogP contribution in [0.5, 0.6) is 0 Å². The number of aryl methyl sites for hydroxylation is 3. The monoisotopic (exact) mass is 338 g/mol. The molecule has 1 atom stereocenters. The zero-order valence-electron chi connectivity index (χ0n) is 13.5. The number of benzene rings is 1. The number of rotatable bonds is 7. The summed E-state index contributed by atoms with van der Waals surface area (Å²) in [6.07, 6.45) is 3.08. The number of hydrogen-bond acceptors (Lipinski definition) is 5. The Morgan fingerprint density at radius 1 is 1.26 bits per heavy atom. The van der Waals surface area contributed by atoms with Crippen molar-refractivity contribution in [2.75, 3.05) is 6.61 Å². The summed E-state index contributed by atoms with van der Waals surface area (Å²) in [5, 5.41) is 17.1. The lowest BCUT2D eigenvalue weighted by atomic mass is 10.0. The molecule has 23 heavy (non-hydrogen) atoms. The average molecular weight is 338 g/mol. The van der Waals surface area contributed by atoms with Gasteiger partial charge < -0.3 is 9.67 Å². The van der Waals surface area contributed by atoms with E-state index in [9.17, 15) is 13.5 Å². The molecular formula is C15H22N4O3S. The summed E-state index contributed by atoms with van der Waals surface area (Å²) in [4.78, 5) is 0.187. The first-order valence-corrected chi connectivity index (χ1v) is 9.00. The minimum absolute atomic E-state index is 0.187. The van der Waals surface area contributed by atoms with Crippen molar-refractivity contribution in [1.29, 1.82) is 0 Å². The van der Waals surface area contributed by atoms with Gasteiger partial charge in [0.25, 0.3) is 0 Å². The van der Waals surface area contributed by atoms with E-state index in [1.54, 1.807) is 23.7 Å². The van der Waals surface area contributed by atoms with Crippen LogP contribution in [0.15, 0.2) is 29.4 Å². The molecule has 1 aromatic heterocycles. The van der Waals surface area contributed by atoms with Crippen molar-refractivity contribution < 1.29 is 13.5 Å². The third kappa shape index (κ3) is 3.77. The summed E-state index contributed by atoms with van der Waals surface area (Å²) >= 11 is 0. The van der Waals surface area contributed by atoms with Crippen LogP contribution >= 0.6 is 0 Å². The van der Waals surface area contributed by atoms with Crippen LogP contribution in [0, 0.1) is 0 Å². The summed E-state index contributed by atoms with van der Waals surface area (Å²) in [5.41, 5.74) is 2.15. The standard InChI is InChI=1S/C15H22N4O3S/c1-4-11-6-7-13(8-12(11)5-2)23(21,22)18-14(9-20)15-17-16-10-19(15)3/h6-8,10,14,18,20H,4-5,9H2,1-3H3. The topological polar surface area (TPSA) is 97.1 Å². The fourth-order valence-corrected chi connectivity index (χ4v) is 3.71.